The number of carbonyl (C=O) groups excluding carboxylic acids is 15. The van der Waals surface area contributed by atoms with Gasteiger partial charge < -0.3 is 138 Å². The predicted octanol–water partition coefficient (Wildman–Crippen LogP) is -8.62. The number of carboxylic acid groups (broad SMARTS) is 1. The van der Waals surface area contributed by atoms with E-state index in [1.165, 1.54) is 43.0 Å². The SMILES string of the molecule is CSCC[C@H](NC(=O)[C@H](Cc1ccccc1)NC(=O)[C@H](C)NC(=O)[C@H](Cc1ccc(O)cc1)NC(=O)[C@H](CO)NC(=O)[C@@H](N)CS)C(=O)N[C@@H](Cc1ccccc1)C(=O)N[C@@H](CO)C(=O)N[C@@H](CO)C(=O)N[C@@H](CC(C)C)C(=O)N[C@@H](CCCNC(=N)N)C(=O)N[C@@H](CCC(N)=O)C(=O)N[C@@H](CCCCN)C(=O)N[C@H](C(=O)N[C@@H](CO)C(=O)O)[C@@H](C)O. The van der Waals surface area contributed by atoms with Crippen molar-refractivity contribution in [2.45, 2.75) is 201 Å². The number of carboxylic acids is 1. The van der Waals surface area contributed by atoms with Crippen LogP contribution < -0.4 is 103 Å². The second kappa shape index (κ2) is 55.6. The average Bonchev–Trinajstić information content (AvgIpc) is 0.851. The third kappa shape index (κ3) is 38.2. The summed E-state index contributed by atoms with van der Waals surface area (Å²) in [4.78, 5) is 221. The third-order valence-corrected chi connectivity index (χ3v) is 19.6. The van der Waals surface area contributed by atoms with Crippen LogP contribution in [0.4, 0.5) is 0 Å². The van der Waals surface area contributed by atoms with Crippen LogP contribution in [0, 0.1) is 11.3 Å². The fourth-order valence-electron chi connectivity index (χ4n) is 11.7. The van der Waals surface area contributed by atoms with Crippen molar-refractivity contribution < 1.29 is 112 Å². The van der Waals surface area contributed by atoms with Crippen molar-refractivity contribution in [3.05, 3.63) is 102 Å². The number of unbranched alkanes of at least 4 members (excludes halogenated alkanes) is 1. The smallest absolute Gasteiger partial charge is 0.328 e. The van der Waals surface area contributed by atoms with E-state index in [0.717, 1.165) is 6.92 Å². The first-order valence-corrected chi connectivity index (χ1v) is 41.2. The number of nitrogens with one attached hydrogen (secondary N) is 16. The fraction of sp³-hybridized carbons (Fsp3) is 0.545. The molecule has 43 nitrogen and oxygen atoms in total. The van der Waals surface area contributed by atoms with Gasteiger partial charge in [0, 0.05) is 38.0 Å². The summed E-state index contributed by atoms with van der Waals surface area (Å²) in [5, 5.41) is 115. The summed E-state index contributed by atoms with van der Waals surface area (Å²) in [6, 6.07) is -2.37. The van der Waals surface area contributed by atoms with Gasteiger partial charge >= 0.3 is 5.97 Å². The molecule has 0 aromatic heterocycles. The molecular formula is C77H118N20O23S2. The Morgan fingerprint density at radius 3 is 1.18 bits per heavy atom. The maximum atomic E-state index is 14.7. The normalized spacial score (nSPS) is 15.0. The fourth-order valence-corrected chi connectivity index (χ4v) is 12.3. The van der Waals surface area contributed by atoms with E-state index in [9.17, 15) is 112 Å². The quantitative estimate of drug-likeness (QED) is 0.0108. The third-order valence-electron chi connectivity index (χ3n) is 18.5. The van der Waals surface area contributed by atoms with Crippen LogP contribution >= 0.6 is 24.4 Å². The molecule has 676 valence electrons. The van der Waals surface area contributed by atoms with Crippen LogP contribution in [0.3, 0.4) is 0 Å². The molecule has 0 aliphatic rings. The summed E-state index contributed by atoms with van der Waals surface area (Å²) >= 11 is 5.26. The van der Waals surface area contributed by atoms with Crippen LogP contribution in [0.25, 0.3) is 0 Å². The Kier molecular flexibility index (Phi) is 47.8. The van der Waals surface area contributed by atoms with E-state index in [2.05, 4.69) is 87.1 Å². The van der Waals surface area contributed by atoms with E-state index in [4.69, 9.17) is 28.3 Å². The number of thiol groups is 1. The van der Waals surface area contributed by atoms with Crippen LogP contribution in [0.2, 0.25) is 0 Å². The molecule has 0 heterocycles. The van der Waals surface area contributed by atoms with Gasteiger partial charge in [-0.3, -0.25) is 77.3 Å². The summed E-state index contributed by atoms with van der Waals surface area (Å²) in [6.07, 6.45) is -2.07. The Hall–Kier alpha value is -11.3. The number of nitrogens with two attached hydrogens (primary N) is 4. The number of amides is 15. The minimum atomic E-state index is -1.95. The lowest BCUT2D eigenvalue weighted by atomic mass is 10.0. The number of phenols is 1. The average molecular weight is 1760 g/mol. The molecule has 3 rings (SSSR count). The number of thioether (sulfide) groups is 1. The van der Waals surface area contributed by atoms with E-state index < -0.39 is 242 Å². The van der Waals surface area contributed by atoms with Gasteiger partial charge in [0.15, 0.2) is 5.96 Å². The number of hydrogen-bond donors (Lipinski definition) is 28. The highest BCUT2D eigenvalue weighted by atomic mass is 32.2. The van der Waals surface area contributed by atoms with Crippen molar-refractivity contribution in [3.63, 3.8) is 0 Å². The first-order chi connectivity index (χ1) is 57.8. The molecule has 31 N–H and O–H groups in total. The molecule has 0 saturated carbocycles. The van der Waals surface area contributed by atoms with Crippen molar-refractivity contribution in [2.24, 2.45) is 28.9 Å². The van der Waals surface area contributed by atoms with E-state index in [-0.39, 0.29) is 88.1 Å². The van der Waals surface area contributed by atoms with Crippen molar-refractivity contribution in [3.8, 4) is 5.75 Å². The molecule has 3 aromatic rings. The maximum Gasteiger partial charge on any atom is 0.328 e. The summed E-state index contributed by atoms with van der Waals surface area (Å²) in [5.41, 5.74) is 23.8. The van der Waals surface area contributed by atoms with E-state index in [1.54, 1.807) is 80.8 Å². The number of aliphatic carboxylic acids is 1. The first kappa shape index (κ1) is 105. The number of phenolic OH excluding ortho intramolecular Hbond substituents is 1. The number of primary amides is 1. The Morgan fingerprint density at radius 2 is 0.779 bits per heavy atom. The summed E-state index contributed by atoms with van der Waals surface area (Å²) in [6.45, 7) is 1.39. The van der Waals surface area contributed by atoms with Crippen LogP contribution in [-0.2, 0) is 96.0 Å². The Morgan fingerprint density at radius 1 is 0.426 bits per heavy atom. The van der Waals surface area contributed by atoms with Crippen LogP contribution in [-0.4, -0.2) is 290 Å². The Bertz CT molecular complexity index is 3960. The molecule has 0 spiro atoms. The van der Waals surface area contributed by atoms with Crippen molar-refractivity contribution >= 4 is 125 Å². The standard InChI is InChI=1S/C77H118N20O23S2/c1-40(2)31-52(69(112)86-49(20-14-29-83-77(81)82)64(107)87-50(25-26-60(80)104)65(108)85-48(19-12-13-28-78)67(110)97-61(42(4)102)75(118)96-59(38-101)76(119)120)90-73(116)57(36-99)95-74(117)58(37-100)94-71(114)55(33-44-17-10-7-11-18-44)91-66(109)51(27-30-122-5)88-70(113)54(32-43-15-8-6-9-16-43)89-62(105)41(3)84-68(111)53(34-45-21-23-46(103)24-22-45)92-72(115)56(35-98)93-63(106)47(79)39-121/h6-11,15-18,21-24,40-42,47-59,61,98-103,121H,12-14,19-20,25-39,78-79H2,1-5H3,(H2,80,104)(H,84,111)(H,85,108)(H,86,112)(H,87,107)(H,88,113)(H,89,105)(H,90,116)(H,91,109)(H,92,115)(H,93,106)(H,94,114)(H,95,117)(H,96,118)(H,97,110)(H,119,120)(H4,81,82,83)/t41-,42+,47-,48-,49-,50-,51-,52-,53-,54-,55-,56-,57-,58-,59-,61-/m0/s1. The maximum absolute atomic E-state index is 14.7. The molecule has 0 aliphatic carbocycles. The molecular weight excluding hydrogens is 1640 g/mol. The minimum absolute atomic E-state index is 0.0242. The van der Waals surface area contributed by atoms with Gasteiger partial charge in [-0.25, -0.2) is 4.79 Å². The molecule has 0 saturated heterocycles. The number of hydrogen-bond acceptors (Lipinski definition) is 27. The van der Waals surface area contributed by atoms with E-state index in [1.807, 2.05) is 5.32 Å². The lowest BCUT2D eigenvalue weighted by Gasteiger charge is -2.29. The Balaban J connectivity index is 1.94. The zero-order valence-electron chi connectivity index (χ0n) is 68.4. The topological polar surface area (TPSA) is 723 Å². The van der Waals surface area contributed by atoms with Crippen molar-refractivity contribution in [2.75, 3.05) is 57.3 Å². The van der Waals surface area contributed by atoms with Gasteiger partial charge in [0.05, 0.1) is 38.6 Å². The molecule has 0 fully saturated rings. The first-order valence-electron chi connectivity index (χ1n) is 39.2. The molecule has 0 bridgehead atoms. The second-order valence-electron chi connectivity index (χ2n) is 29.0. The van der Waals surface area contributed by atoms with Gasteiger partial charge in [-0.1, -0.05) is 86.6 Å². The molecule has 0 radical (unpaired) electrons. The van der Waals surface area contributed by atoms with Gasteiger partial charge in [0.2, 0.25) is 88.6 Å². The minimum Gasteiger partial charge on any atom is -0.508 e. The van der Waals surface area contributed by atoms with Crippen molar-refractivity contribution in [1.29, 1.82) is 5.41 Å². The number of carbonyl (C=O) groups is 16. The number of aromatic hydroxyl groups is 1. The number of aliphatic hydroxyl groups excluding tert-OH is 5. The number of rotatable bonds is 57. The van der Waals surface area contributed by atoms with Crippen molar-refractivity contribution in [1.82, 2.24) is 79.8 Å². The number of guanidine groups is 1. The molecule has 0 aliphatic heterocycles. The van der Waals surface area contributed by atoms with E-state index in [0.29, 0.717) is 23.1 Å². The summed E-state index contributed by atoms with van der Waals surface area (Å²) in [7, 11) is 0. The highest BCUT2D eigenvalue weighted by Gasteiger charge is 2.39. The highest BCUT2D eigenvalue weighted by Crippen LogP contribution is 2.16. The largest absolute Gasteiger partial charge is 0.508 e. The van der Waals surface area contributed by atoms with Gasteiger partial charge in [0.25, 0.3) is 0 Å². The van der Waals surface area contributed by atoms with Gasteiger partial charge in [-0.15, -0.1) is 0 Å². The van der Waals surface area contributed by atoms with Crippen LogP contribution in [0.1, 0.15) is 102 Å². The predicted molar refractivity (Wildman–Crippen MR) is 447 cm³/mol. The lowest BCUT2D eigenvalue weighted by Crippen LogP contribution is -2.62. The van der Waals surface area contributed by atoms with Crippen LogP contribution in [0.15, 0.2) is 84.9 Å². The zero-order valence-corrected chi connectivity index (χ0v) is 70.1. The molecule has 15 amide bonds. The molecule has 3 aromatic carbocycles. The van der Waals surface area contributed by atoms with Gasteiger partial charge in [0.1, 0.15) is 90.3 Å². The van der Waals surface area contributed by atoms with Crippen LogP contribution in [0.5, 0.6) is 5.75 Å². The zero-order chi connectivity index (χ0) is 91.3. The second-order valence-corrected chi connectivity index (χ2v) is 30.3. The molecule has 16 atom stereocenters. The van der Waals surface area contributed by atoms with E-state index >= 15 is 0 Å². The highest BCUT2D eigenvalue weighted by molar-refractivity contribution is 7.98. The number of aliphatic hydroxyl groups is 5. The number of benzene rings is 3. The molecule has 45 heteroatoms. The monoisotopic (exact) mass is 1750 g/mol. The van der Waals surface area contributed by atoms with Gasteiger partial charge in [-0.2, -0.15) is 24.4 Å². The molecule has 122 heavy (non-hydrogen) atoms. The summed E-state index contributed by atoms with van der Waals surface area (Å²) in [5.74, 6) is -18.3. The Labute approximate surface area is 714 Å². The lowest BCUT2D eigenvalue weighted by molar-refractivity contribution is -0.144. The summed E-state index contributed by atoms with van der Waals surface area (Å²) < 4.78 is 0. The van der Waals surface area contributed by atoms with Gasteiger partial charge in [-0.05, 0) is 119 Å². The molecule has 0 unspecified atom stereocenters.